The van der Waals surface area contributed by atoms with E-state index < -0.39 is 0 Å². The van der Waals surface area contributed by atoms with E-state index in [4.69, 9.17) is 17.4 Å². The Labute approximate surface area is 80.7 Å². The highest BCUT2D eigenvalue weighted by atomic mass is 35.5. The third-order valence-electron chi connectivity index (χ3n) is 1.27. The Morgan fingerprint density at radius 3 is 3.17 bits per heavy atom. The van der Waals surface area contributed by atoms with Crippen LogP contribution in [0.25, 0.3) is 0 Å². The largest absolute Gasteiger partial charge is 0.323 e. The van der Waals surface area contributed by atoms with Crippen molar-refractivity contribution >= 4 is 29.1 Å². The monoisotopic (exact) mass is 203 g/mol. The lowest BCUT2D eigenvalue weighted by Crippen LogP contribution is -2.07. The molecular formula is C7H10ClN3S. The van der Waals surface area contributed by atoms with E-state index in [2.05, 4.69) is 10.4 Å². The van der Waals surface area contributed by atoms with Gasteiger partial charge in [-0.15, -0.1) is 23.4 Å². The molecular weight excluding hydrogens is 194 g/mol. The molecule has 0 aliphatic carbocycles. The molecule has 12 heavy (non-hydrogen) atoms. The lowest BCUT2D eigenvalue weighted by atomic mass is 10.4. The minimum atomic E-state index is 0.629. The third kappa shape index (κ3) is 2.55. The first kappa shape index (κ1) is 9.64. The number of rotatable bonds is 4. The SMILES string of the molecule is NNc1ccncc1SCCCl. The topological polar surface area (TPSA) is 50.9 Å². The molecule has 1 rings (SSSR count). The first-order valence-electron chi connectivity index (χ1n) is 3.48. The summed E-state index contributed by atoms with van der Waals surface area (Å²) in [6.07, 6.45) is 3.46. The van der Waals surface area contributed by atoms with Crippen LogP contribution in [0, 0.1) is 0 Å². The molecule has 0 radical (unpaired) electrons. The van der Waals surface area contributed by atoms with Gasteiger partial charge in [0.2, 0.25) is 0 Å². The van der Waals surface area contributed by atoms with Crippen LogP contribution in [0.1, 0.15) is 0 Å². The van der Waals surface area contributed by atoms with Gasteiger partial charge in [0.1, 0.15) is 0 Å². The normalized spacial score (nSPS) is 9.83. The standard InChI is InChI=1S/C7H10ClN3S/c8-2-4-12-7-5-10-3-1-6(7)11-9/h1,3,5H,2,4,9H2,(H,10,11). The number of hydrogen-bond donors (Lipinski definition) is 2. The van der Waals surface area contributed by atoms with Crippen molar-refractivity contribution in [2.75, 3.05) is 17.1 Å². The van der Waals surface area contributed by atoms with E-state index in [9.17, 15) is 0 Å². The van der Waals surface area contributed by atoms with E-state index in [1.807, 2.05) is 6.07 Å². The van der Waals surface area contributed by atoms with Crippen LogP contribution in [0.15, 0.2) is 23.4 Å². The molecule has 1 aromatic rings. The quantitative estimate of drug-likeness (QED) is 0.339. The molecule has 0 saturated heterocycles. The fourth-order valence-electron chi connectivity index (χ4n) is 0.763. The van der Waals surface area contributed by atoms with Crippen molar-refractivity contribution in [1.29, 1.82) is 0 Å². The van der Waals surface area contributed by atoms with Crippen LogP contribution >= 0.6 is 23.4 Å². The molecule has 0 bridgehead atoms. The van der Waals surface area contributed by atoms with Crippen LogP contribution in [0.2, 0.25) is 0 Å². The molecule has 0 aliphatic heterocycles. The maximum atomic E-state index is 5.55. The fourth-order valence-corrected chi connectivity index (χ4v) is 1.71. The van der Waals surface area contributed by atoms with Crippen molar-refractivity contribution in [2.24, 2.45) is 5.84 Å². The van der Waals surface area contributed by atoms with Crippen LogP contribution in [-0.2, 0) is 0 Å². The summed E-state index contributed by atoms with van der Waals surface area (Å²) in [5.41, 5.74) is 3.49. The smallest absolute Gasteiger partial charge is 0.0652 e. The zero-order chi connectivity index (χ0) is 8.81. The third-order valence-corrected chi connectivity index (χ3v) is 2.73. The van der Waals surface area contributed by atoms with Crippen molar-refractivity contribution in [3.05, 3.63) is 18.5 Å². The minimum Gasteiger partial charge on any atom is -0.323 e. The Hall–Kier alpha value is -0.450. The second-order valence-electron chi connectivity index (χ2n) is 2.05. The van der Waals surface area contributed by atoms with Crippen LogP contribution in [0.5, 0.6) is 0 Å². The van der Waals surface area contributed by atoms with Crippen LogP contribution in [0.3, 0.4) is 0 Å². The van der Waals surface area contributed by atoms with Crippen molar-refractivity contribution in [3.63, 3.8) is 0 Å². The summed E-state index contributed by atoms with van der Waals surface area (Å²) in [7, 11) is 0. The number of pyridine rings is 1. The molecule has 0 atom stereocenters. The minimum absolute atomic E-state index is 0.629. The lowest BCUT2D eigenvalue weighted by Gasteiger charge is -2.05. The predicted molar refractivity (Wildman–Crippen MR) is 53.5 cm³/mol. The molecule has 5 heteroatoms. The van der Waals surface area contributed by atoms with Gasteiger partial charge in [-0.05, 0) is 6.07 Å². The van der Waals surface area contributed by atoms with Crippen LogP contribution < -0.4 is 11.3 Å². The predicted octanol–water partition coefficient (Wildman–Crippen LogP) is 1.70. The van der Waals surface area contributed by atoms with Gasteiger partial charge in [-0.25, -0.2) is 0 Å². The maximum absolute atomic E-state index is 5.55. The second-order valence-corrected chi connectivity index (χ2v) is 3.57. The van der Waals surface area contributed by atoms with Crippen molar-refractivity contribution < 1.29 is 0 Å². The average molecular weight is 204 g/mol. The maximum Gasteiger partial charge on any atom is 0.0652 e. The lowest BCUT2D eigenvalue weighted by molar-refractivity contribution is 1.20. The van der Waals surface area contributed by atoms with E-state index in [0.717, 1.165) is 16.3 Å². The average Bonchev–Trinajstić information content (AvgIpc) is 2.15. The number of nitrogens with two attached hydrogens (primary N) is 1. The van der Waals surface area contributed by atoms with E-state index in [1.165, 1.54) is 0 Å². The van der Waals surface area contributed by atoms with Crippen LogP contribution in [-0.4, -0.2) is 16.6 Å². The molecule has 0 aromatic carbocycles. The first-order valence-corrected chi connectivity index (χ1v) is 5.00. The molecule has 3 nitrogen and oxygen atoms in total. The number of thioether (sulfide) groups is 1. The Morgan fingerprint density at radius 1 is 1.67 bits per heavy atom. The van der Waals surface area contributed by atoms with Crippen molar-refractivity contribution in [3.8, 4) is 0 Å². The summed E-state index contributed by atoms with van der Waals surface area (Å²) in [4.78, 5) is 5.02. The molecule has 0 unspecified atom stereocenters. The van der Waals surface area contributed by atoms with Crippen molar-refractivity contribution in [1.82, 2.24) is 4.98 Å². The van der Waals surface area contributed by atoms with E-state index >= 15 is 0 Å². The number of hydrogen-bond acceptors (Lipinski definition) is 4. The summed E-state index contributed by atoms with van der Waals surface area (Å²) >= 11 is 7.19. The number of nitrogens with zero attached hydrogens (tertiary/aromatic N) is 1. The van der Waals surface area contributed by atoms with Crippen molar-refractivity contribution in [2.45, 2.75) is 4.90 Å². The summed E-state index contributed by atoms with van der Waals surface area (Å²) < 4.78 is 0. The van der Waals surface area contributed by atoms with Gasteiger partial charge in [0.05, 0.1) is 10.6 Å². The molecule has 0 fully saturated rings. The number of anilines is 1. The number of hydrazine groups is 1. The molecule has 1 heterocycles. The highest BCUT2D eigenvalue weighted by Gasteiger charge is 1.99. The second kappa shape index (κ2) is 5.24. The Bertz CT molecular complexity index is 244. The molecule has 1 aromatic heterocycles. The fraction of sp³-hybridized carbons (Fsp3) is 0.286. The van der Waals surface area contributed by atoms with Crippen LogP contribution in [0.4, 0.5) is 5.69 Å². The highest BCUT2D eigenvalue weighted by molar-refractivity contribution is 7.99. The van der Waals surface area contributed by atoms with Gasteiger partial charge < -0.3 is 5.43 Å². The van der Waals surface area contributed by atoms with Gasteiger partial charge in [0.15, 0.2) is 0 Å². The highest BCUT2D eigenvalue weighted by Crippen LogP contribution is 2.24. The molecule has 0 spiro atoms. The first-order chi connectivity index (χ1) is 5.88. The summed E-state index contributed by atoms with van der Waals surface area (Å²) in [5, 5.41) is 0. The Morgan fingerprint density at radius 2 is 2.50 bits per heavy atom. The molecule has 0 aliphatic rings. The number of nitrogens with one attached hydrogen (secondary N) is 1. The summed E-state index contributed by atoms with van der Waals surface area (Å²) in [5.74, 6) is 6.79. The number of halogens is 1. The van der Waals surface area contributed by atoms with E-state index in [-0.39, 0.29) is 0 Å². The van der Waals surface area contributed by atoms with Gasteiger partial charge in [-0.3, -0.25) is 10.8 Å². The number of nitrogen functional groups attached to an aromatic ring is 1. The van der Waals surface area contributed by atoms with E-state index in [0.29, 0.717) is 5.88 Å². The molecule has 66 valence electrons. The van der Waals surface area contributed by atoms with Gasteiger partial charge >= 0.3 is 0 Å². The zero-order valence-corrected chi connectivity index (χ0v) is 8.03. The number of alkyl halides is 1. The van der Waals surface area contributed by atoms with E-state index in [1.54, 1.807) is 24.2 Å². The van der Waals surface area contributed by atoms with Gasteiger partial charge in [-0.2, -0.15) is 0 Å². The zero-order valence-electron chi connectivity index (χ0n) is 6.46. The summed E-state index contributed by atoms with van der Waals surface area (Å²) in [6, 6.07) is 1.83. The Balaban J connectivity index is 2.68. The van der Waals surface area contributed by atoms with Gasteiger partial charge in [-0.1, -0.05) is 0 Å². The number of aromatic nitrogens is 1. The molecule has 3 N–H and O–H groups in total. The molecule has 0 saturated carbocycles. The van der Waals surface area contributed by atoms with Gasteiger partial charge in [0, 0.05) is 24.0 Å². The summed E-state index contributed by atoms with van der Waals surface area (Å²) in [6.45, 7) is 0. The Kier molecular flexibility index (Phi) is 4.21. The van der Waals surface area contributed by atoms with Gasteiger partial charge in [0.25, 0.3) is 0 Å². The molecule has 0 amide bonds.